The zero-order valence-electron chi connectivity index (χ0n) is 21.4. The summed E-state index contributed by atoms with van der Waals surface area (Å²) in [6, 6.07) is 11.0. The smallest absolute Gasteiger partial charge is 0.248 e. The van der Waals surface area contributed by atoms with Crippen LogP contribution in [0.4, 0.5) is 10.1 Å². The minimum absolute atomic E-state index is 0.0148. The number of nitrogens with one attached hydrogen (secondary N) is 3. The Morgan fingerprint density at radius 2 is 1.74 bits per heavy atom. The second-order valence-corrected chi connectivity index (χ2v) is 12.7. The number of halogens is 3. The van der Waals surface area contributed by atoms with Crippen molar-refractivity contribution in [2.45, 2.75) is 63.1 Å². The van der Waals surface area contributed by atoms with E-state index in [-0.39, 0.29) is 41.2 Å². The van der Waals surface area contributed by atoms with Crippen LogP contribution in [0.25, 0.3) is 0 Å². The van der Waals surface area contributed by atoms with Crippen LogP contribution in [-0.2, 0) is 19.6 Å². The molecular weight excluding hydrogens is 566 g/mol. The van der Waals surface area contributed by atoms with E-state index in [1.807, 2.05) is 0 Å². The number of nitrogens with zero attached hydrogens (tertiary/aromatic N) is 1. The molecule has 4 rings (SSSR count). The van der Waals surface area contributed by atoms with Crippen molar-refractivity contribution in [2.75, 3.05) is 16.5 Å². The normalized spacial score (nSPS) is 20.6. The number of anilines is 1. The molecule has 0 bridgehead atoms. The summed E-state index contributed by atoms with van der Waals surface area (Å²) in [5, 5.41) is 3.43. The van der Waals surface area contributed by atoms with Gasteiger partial charge >= 0.3 is 0 Å². The molecule has 2 saturated carbocycles. The zero-order valence-corrected chi connectivity index (χ0v) is 23.7. The molecule has 2 aliphatic rings. The van der Waals surface area contributed by atoms with Gasteiger partial charge in [-0.3, -0.25) is 14.5 Å². The highest BCUT2D eigenvalue weighted by Crippen LogP contribution is 2.38. The van der Waals surface area contributed by atoms with Crippen molar-refractivity contribution in [1.29, 1.82) is 0 Å². The minimum Gasteiger partial charge on any atom is -0.351 e. The zero-order chi connectivity index (χ0) is 28.0. The molecule has 2 amide bonds. The van der Waals surface area contributed by atoms with Gasteiger partial charge in [-0.2, -0.15) is 4.83 Å². The summed E-state index contributed by atoms with van der Waals surface area (Å²) in [5.41, 5.74) is 3.41. The molecule has 12 heteroatoms. The molecule has 1 unspecified atom stereocenters. The molecular formula is C27H33Cl2FN4O4S. The molecule has 0 aromatic heterocycles. The Morgan fingerprint density at radius 3 is 2.41 bits per heavy atom. The number of amides is 2. The number of hydrogen-bond donors (Lipinski definition) is 3. The lowest BCUT2D eigenvalue weighted by atomic mass is 9.79. The summed E-state index contributed by atoms with van der Waals surface area (Å²) in [6.45, 7) is 0. The predicted octanol–water partition coefficient (Wildman–Crippen LogP) is 4.44. The standard InChI is InChI=1S/C27H33Cl2FN4O4S/c28-13-14-39(37,38)33-32-21-15-18(16-21)27(36)34(22-10-6-7-19(30)17-22)25(23-11-4-5-12-24(23)29)26(35)31-20-8-2-1-3-9-20/h4-7,10-12,17-18,20-21,25,32-33H,1-3,8-9,13-16H2,(H,31,35). The molecule has 3 N–H and O–H groups in total. The van der Waals surface area contributed by atoms with Gasteiger partial charge in [0.15, 0.2) is 0 Å². The Morgan fingerprint density at radius 1 is 1.03 bits per heavy atom. The van der Waals surface area contributed by atoms with Gasteiger partial charge in [0.1, 0.15) is 11.9 Å². The third-order valence-electron chi connectivity index (χ3n) is 7.23. The van der Waals surface area contributed by atoms with Crippen LogP contribution in [0.2, 0.25) is 5.02 Å². The summed E-state index contributed by atoms with van der Waals surface area (Å²) in [4.78, 5) is 31.5. The fourth-order valence-electron chi connectivity index (χ4n) is 5.11. The Balaban J connectivity index is 1.62. The molecule has 0 aliphatic heterocycles. The van der Waals surface area contributed by atoms with Gasteiger partial charge < -0.3 is 5.32 Å². The fraction of sp³-hybridized carbons (Fsp3) is 0.481. The average molecular weight is 600 g/mol. The van der Waals surface area contributed by atoms with E-state index in [4.69, 9.17) is 23.2 Å². The molecule has 212 valence electrons. The van der Waals surface area contributed by atoms with Crippen LogP contribution in [0.1, 0.15) is 56.6 Å². The number of sulfonamides is 1. The number of hydrogen-bond acceptors (Lipinski definition) is 5. The van der Waals surface area contributed by atoms with Crippen LogP contribution in [0.5, 0.6) is 0 Å². The van der Waals surface area contributed by atoms with E-state index in [0.29, 0.717) is 23.4 Å². The topological polar surface area (TPSA) is 108 Å². The quantitative estimate of drug-likeness (QED) is 0.262. The van der Waals surface area contributed by atoms with Crippen LogP contribution in [0, 0.1) is 11.7 Å². The lowest BCUT2D eigenvalue weighted by Gasteiger charge is -2.41. The van der Waals surface area contributed by atoms with Gasteiger partial charge in [0.25, 0.3) is 0 Å². The van der Waals surface area contributed by atoms with Crippen LogP contribution >= 0.6 is 23.2 Å². The monoisotopic (exact) mass is 598 g/mol. The second kappa shape index (κ2) is 13.4. The first-order valence-electron chi connectivity index (χ1n) is 13.1. The van der Waals surface area contributed by atoms with E-state index < -0.39 is 27.8 Å². The van der Waals surface area contributed by atoms with Crippen LogP contribution < -0.4 is 20.5 Å². The molecule has 0 spiro atoms. The Bertz CT molecular complexity index is 1270. The van der Waals surface area contributed by atoms with Crippen molar-refractivity contribution in [2.24, 2.45) is 5.92 Å². The molecule has 0 radical (unpaired) electrons. The number of carbonyl (C=O) groups is 2. The molecule has 2 aromatic rings. The maximum absolute atomic E-state index is 14.4. The van der Waals surface area contributed by atoms with Crippen LogP contribution in [0.15, 0.2) is 48.5 Å². The highest BCUT2D eigenvalue weighted by Gasteiger charge is 2.43. The third-order valence-corrected chi connectivity index (χ3v) is 9.16. The number of hydrazine groups is 1. The third kappa shape index (κ3) is 7.70. The first-order valence-corrected chi connectivity index (χ1v) is 15.7. The Labute approximate surface area is 238 Å². The summed E-state index contributed by atoms with van der Waals surface area (Å²) < 4.78 is 38.2. The molecule has 0 saturated heterocycles. The summed E-state index contributed by atoms with van der Waals surface area (Å²) >= 11 is 12.1. The van der Waals surface area contributed by atoms with Gasteiger partial charge in [0.05, 0.1) is 5.75 Å². The van der Waals surface area contributed by atoms with Crippen molar-refractivity contribution in [3.63, 3.8) is 0 Å². The molecule has 2 fully saturated rings. The van der Waals surface area contributed by atoms with Gasteiger partial charge in [0, 0.05) is 40.2 Å². The number of benzene rings is 2. The van der Waals surface area contributed by atoms with Crippen molar-refractivity contribution < 1.29 is 22.4 Å². The van der Waals surface area contributed by atoms with E-state index in [1.54, 1.807) is 30.3 Å². The average Bonchev–Trinajstić information content (AvgIpc) is 2.87. The van der Waals surface area contributed by atoms with Crippen LogP contribution in [-0.4, -0.2) is 43.9 Å². The van der Waals surface area contributed by atoms with Gasteiger partial charge in [0.2, 0.25) is 21.8 Å². The van der Waals surface area contributed by atoms with E-state index >= 15 is 0 Å². The first-order chi connectivity index (χ1) is 18.7. The van der Waals surface area contributed by atoms with Gasteiger partial charge in [-0.1, -0.05) is 55.1 Å². The van der Waals surface area contributed by atoms with Crippen molar-refractivity contribution in [3.8, 4) is 0 Å². The van der Waals surface area contributed by atoms with Gasteiger partial charge in [-0.15, -0.1) is 11.6 Å². The van der Waals surface area contributed by atoms with E-state index in [1.165, 1.54) is 23.1 Å². The fourth-order valence-corrected chi connectivity index (χ4v) is 6.61. The molecule has 39 heavy (non-hydrogen) atoms. The maximum atomic E-state index is 14.4. The summed E-state index contributed by atoms with van der Waals surface area (Å²) in [5.74, 6) is -2.09. The molecule has 8 nitrogen and oxygen atoms in total. The Hall–Kier alpha value is -2.24. The molecule has 0 heterocycles. The SMILES string of the molecule is O=C(NC1CCCCC1)C(c1ccccc1Cl)N(C(=O)C1CC(NNS(=O)(=O)CCCl)C1)c1cccc(F)c1. The van der Waals surface area contributed by atoms with E-state index in [2.05, 4.69) is 15.6 Å². The Kier molecular flexibility index (Phi) is 10.2. The number of alkyl halides is 1. The lowest BCUT2D eigenvalue weighted by molar-refractivity contribution is -0.130. The summed E-state index contributed by atoms with van der Waals surface area (Å²) in [7, 11) is -3.58. The van der Waals surface area contributed by atoms with Crippen molar-refractivity contribution >= 4 is 50.7 Å². The van der Waals surface area contributed by atoms with Crippen molar-refractivity contribution in [1.82, 2.24) is 15.6 Å². The second-order valence-electron chi connectivity index (χ2n) is 10.1. The first kappa shape index (κ1) is 29.7. The molecule has 1 atom stereocenters. The van der Waals surface area contributed by atoms with Gasteiger partial charge in [-0.05, 0) is 49.9 Å². The molecule has 2 aromatic carbocycles. The van der Waals surface area contributed by atoms with Crippen LogP contribution in [0.3, 0.4) is 0 Å². The lowest BCUT2D eigenvalue weighted by Crippen LogP contribution is -2.56. The summed E-state index contributed by atoms with van der Waals surface area (Å²) in [6.07, 6.45) is 5.50. The highest BCUT2D eigenvalue weighted by atomic mass is 35.5. The maximum Gasteiger partial charge on any atom is 0.248 e. The largest absolute Gasteiger partial charge is 0.351 e. The van der Waals surface area contributed by atoms with Gasteiger partial charge in [-0.25, -0.2) is 18.2 Å². The van der Waals surface area contributed by atoms with Crippen molar-refractivity contribution in [3.05, 3.63) is 64.9 Å². The number of rotatable bonds is 11. The minimum atomic E-state index is -3.58. The highest BCUT2D eigenvalue weighted by molar-refractivity contribution is 7.89. The van der Waals surface area contributed by atoms with E-state index in [9.17, 15) is 22.4 Å². The van der Waals surface area contributed by atoms with E-state index in [0.717, 1.165) is 32.1 Å². The predicted molar refractivity (Wildman–Crippen MR) is 150 cm³/mol. The number of carbonyl (C=O) groups excluding carboxylic acids is 2. The molecule has 2 aliphatic carbocycles.